The highest BCUT2D eigenvalue weighted by molar-refractivity contribution is 5.68. The molecule has 3 fully saturated rings. The number of nitrogens with zero attached hydrogens (tertiary/aromatic N) is 3. The van der Waals surface area contributed by atoms with Crippen LogP contribution in [-0.4, -0.2) is 86.8 Å². The van der Waals surface area contributed by atoms with E-state index >= 15 is 0 Å². The normalized spacial score (nSPS) is 24.1. The Balaban J connectivity index is 1.30. The quantitative estimate of drug-likeness (QED) is 0.592. The number of hydrogen-bond acceptors (Lipinski definition) is 5. The number of morpholine rings is 1. The van der Waals surface area contributed by atoms with Crippen molar-refractivity contribution >= 4 is 11.8 Å². The number of ether oxygens (including phenoxy) is 2. The van der Waals surface area contributed by atoms with Gasteiger partial charge >= 0.3 is 18.4 Å². The van der Waals surface area contributed by atoms with Gasteiger partial charge in [0.1, 0.15) is 5.82 Å². The van der Waals surface area contributed by atoms with Gasteiger partial charge in [0.15, 0.2) is 0 Å². The lowest BCUT2D eigenvalue weighted by Gasteiger charge is -2.29. The lowest BCUT2D eigenvalue weighted by molar-refractivity contribution is -0.308. The lowest BCUT2D eigenvalue weighted by atomic mass is 10.0. The van der Waals surface area contributed by atoms with E-state index < -0.39 is 24.5 Å². The molecule has 2 atom stereocenters. The number of carbonyl (C=O) groups is 1. The third-order valence-electron chi connectivity index (χ3n) is 6.44. The minimum Gasteiger partial charge on any atom is -0.426 e. The molecule has 6 nitrogen and oxygen atoms in total. The van der Waals surface area contributed by atoms with Gasteiger partial charge in [-0.05, 0) is 24.0 Å². The summed E-state index contributed by atoms with van der Waals surface area (Å²) < 4.78 is 99.7. The Bertz CT molecular complexity index is 861. The van der Waals surface area contributed by atoms with Gasteiger partial charge in [-0.3, -0.25) is 4.90 Å². The summed E-state index contributed by atoms with van der Waals surface area (Å²) in [7, 11) is 0. The average molecular weight is 499 g/mol. The Hall–Kier alpha value is -2.28. The maximum Gasteiger partial charge on any atom is 0.434 e. The molecule has 0 aromatic heterocycles. The highest BCUT2D eigenvalue weighted by atomic mass is 19.4. The van der Waals surface area contributed by atoms with Crippen molar-refractivity contribution in [3.8, 4) is 0 Å². The molecule has 1 aromatic rings. The molecular formula is C21H24F7N3O3. The molecular weight excluding hydrogens is 475 g/mol. The molecule has 3 aliphatic rings. The maximum absolute atomic E-state index is 14.7. The Morgan fingerprint density at radius 2 is 1.59 bits per heavy atom. The van der Waals surface area contributed by atoms with E-state index in [1.807, 2.05) is 15.9 Å². The highest BCUT2D eigenvalue weighted by Crippen LogP contribution is 2.38. The highest BCUT2D eigenvalue weighted by Gasteiger charge is 2.60. The molecule has 3 heterocycles. The van der Waals surface area contributed by atoms with Crippen LogP contribution in [-0.2, 0) is 16.0 Å². The van der Waals surface area contributed by atoms with Crippen LogP contribution in [0, 0.1) is 17.7 Å². The number of halogens is 7. The second kappa shape index (κ2) is 9.40. The fourth-order valence-corrected chi connectivity index (χ4v) is 4.79. The summed E-state index contributed by atoms with van der Waals surface area (Å²) in [5.74, 6) is -0.631. The van der Waals surface area contributed by atoms with Crippen molar-refractivity contribution < 1.29 is 45.0 Å². The third kappa shape index (κ3) is 5.51. The molecule has 0 radical (unpaired) electrons. The second-order valence-electron chi connectivity index (χ2n) is 8.84. The molecule has 0 aliphatic carbocycles. The van der Waals surface area contributed by atoms with Gasteiger partial charge in [0, 0.05) is 57.1 Å². The molecule has 2 unspecified atom stereocenters. The van der Waals surface area contributed by atoms with Crippen LogP contribution in [0.15, 0.2) is 18.2 Å². The number of benzene rings is 1. The van der Waals surface area contributed by atoms with Gasteiger partial charge in [0.05, 0.1) is 13.2 Å². The van der Waals surface area contributed by atoms with Gasteiger partial charge in [0.25, 0.3) is 6.10 Å². The van der Waals surface area contributed by atoms with Crippen molar-refractivity contribution in [1.82, 2.24) is 9.80 Å². The van der Waals surface area contributed by atoms with Gasteiger partial charge in [-0.15, -0.1) is 0 Å². The minimum atomic E-state index is -5.75. The number of likely N-dealkylation sites (tertiary alicyclic amines) is 2. The Morgan fingerprint density at radius 3 is 2.12 bits per heavy atom. The van der Waals surface area contributed by atoms with E-state index in [9.17, 15) is 35.5 Å². The van der Waals surface area contributed by atoms with Crippen LogP contribution in [0.3, 0.4) is 0 Å². The Morgan fingerprint density at radius 1 is 1.00 bits per heavy atom. The molecule has 3 aliphatic heterocycles. The van der Waals surface area contributed by atoms with Gasteiger partial charge in [-0.2, -0.15) is 26.3 Å². The van der Waals surface area contributed by atoms with E-state index in [2.05, 4.69) is 4.74 Å². The fourth-order valence-electron chi connectivity index (χ4n) is 4.79. The van der Waals surface area contributed by atoms with Gasteiger partial charge in [-0.1, -0.05) is 6.07 Å². The van der Waals surface area contributed by atoms with Crippen LogP contribution in [0.4, 0.5) is 41.2 Å². The third-order valence-corrected chi connectivity index (χ3v) is 6.44. The molecule has 1 amide bonds. The van der Waals surface area contributed by atoms with Crippen LogP contribution in [0.5, 0.6) is 0 Å². The van der Waals surface area contributed by atoms with Crippen LogP contribution in [0.1, 0.15) is 5.56 Å². The van der Waals surface area contributed by atoms with E-state index in [0.717, 1.165) is 10.6 Å². The first kappa shape index (κ1) is 24.8. The molecule has 1 aromatic carbocycles. The number of fused-ring (bicyclic) bond motifs is 1. The van der Waals surface area contributed by atoms with Crippen molar-refractivity contribution in [3.63, 3.8) is 0 Å². The van der Waals surface area contributed by atoms with Gasteiger partial charge < -0.3 is 19.3 Å². The van der Waals surface area contributed by atoms with E-state index in [0.29, 0.717) is 51.5 Å². The summed E-state index contributed by atoms with van der Waals surface area (Å²) in [5, 5.41) is 0. The molecule has 190 valence electrons. The van der Waals surface area contributed by atoms with Crippen LogP contribution in [0.2, 0.25) is 0 Å². The number of alkyl halides is 6. The summed E-state index contributed by atoms with van der Waals surface area (Å²) >= 11 is 0. The molecule has 13 heteroatoms. The second-order valence-corrected chi connectivity index (χ2v) is 8.84. The van der Waals surface area contributed by atoms with Crippen molar-refractivity contribution in [2.75, 3.05) is 57.4 Å². The summed E-state index contributed by atoms with van der Waals surface area (Å²) in [4.78, 5) is 16.9. The van der Waals surface area contributed by atoms with E-state index in [1.165, 1.54) is 6.07 Å². The fraction of sp³-hybridized carbons (Fsp3) is 0.667. The zero-order chi connectivity index (χ0) is 24.7. The standard InChI is InChI=1S/C21H24F7N3O3/c22-17-7-16(30-3-5-33-6-4-30)2-1-13(17)8-29-9-14-11-31(12-15(14)10-29)19(32)34-18(20(23,24)25)21(26,27)28/h1-2,7,14-15,18H,3-6,8-12H2. The summed E-state index contributed by atoms with van der Waals surface area (Å²) in [6, 6.07) is 5.04. The topological polar surface area (TPSA) is 45.2 Å². The number of rotatable bonds is 4. The largest absolute Gasteiger partial charge is 0.434 e. The molecule has 4 rings (SSSR count). The molecule has 0 bridgehead atoms. The van der Waals surface area contributed by atoms with Crippen LogP contribution < -0.4 is 4.90 Å². The maximum atomic E-state index is 14.7. The minimum absolute atomic E-state index is 0.0130. The molecule has 0 spiro atoms. The predicted molar refractivity (Wildman–Crippen MR) is 106 cm³/mol. The van der Waals surface area contributed by atoms with E-state index in [4.69, 9.17) is 4.74 Å². The average Bonchev–Trinajstić information content (AvgIpc) is 3.31. The van der Waals surface area contributed by atoms with Crippen molar-refractivity contribution in [1.29, 1.82) is 0 Å². The first-order valence-electron chi connectivity index (χ1n) is 10.8. The first-order valence-corrected chi connectivity index (χ1v) is 10.8. The van der Waals surface area contributed by atoms with E-state index in [1.54, 1.807) is 6.07 Å². The van der Waals surface area contributed by atoms with Crippen LogP contribution in [0.25, 0.3) is 0 Å². The number of hydrogen-bond donors (Lipinski definition) is 0. The molecule has 34 heavy (non-hydrogen) atoms. The zero-order valence-corrected chi connectivity index (χ0v) is 18.0. The lowest BCUT2D eigenvalue weighted by Crippen LogP contribution is -2.48. The summed E-state index contributed by atoms with van der Waals surface area (Å²) in [5.41, 5.74) is 1.26. The Kier molecular flexibility index (Phi) is 6.87. The SMILES string of the molecule is O=C(OC(C(F)(F)F)C(F)(F)F)N1CC2CN(Cc3ccc(N4CCOCC4)cc3F)CC2C1. The first-order chi connectivity index (χ1) is 15.9. The number of amides is 1. The Labute approximate surface area is 191 Å². The van der Waals surface area contributed by atoms with Gasteiger partial charge in [-0.25, -0.2) is 9.18 Å². The van der Waals surface area contributed by atoms with E-state index in [-0.39, 0.29) is 30.7 Å². The van der Waals surface area contributed by atoms with Crippen molar-refractivity contribution in [2.24, 2.45) is 11.8 Å². The number of carbonyl (C=O) groups excluding carboxylic acids is 1. The van der Waals surface area contributed by atoms with Gasteiger partial charge in [0.2, 0.25) is 0 Å². The smallest absolute Gasteiger partial charge is 0.426 e. The molecule has 0 saturated carbocycles. The number of anilines is 1. The summed E-state index contributed by atoms with van der Waals surface area (Å²) in [6.45, 7) is 3.70. The summed E-state index contributed by atoms with van der Waals surface area (Å²) in [6.07, 6.45) is -17.3. The van der Waals surface area contributed by atoms with Crippen molar-refractivity contribution in [3.05, 3.63) is 29.6 Å². The molecule has 3 saturated heterocycles. The molecule has 0 N–H and O–H groups in total. The van der Waals surface area contributed by atoms with Crippen LogP contribution >= 0.6 is 0 Å². The monoisotopic (exact) mass is 499 g/mol. The predicted octanol–water partition coefficient (Wildman–Crippen LogP) is 3.66. The zero-order valence-electron chi connectivity index (χ0n) is 18.0. The van der Waals surface area contributed by atoms with Crippen molar-refractivity contribution in [2.45, 2.75) is 25.0 Å².